The van der Waals surface area contributed by atoms with Crippen molar-refractivity contribution in [2.45, 2.75) is 26.3 Å². The molecule has 3 nitrogen and oxygen atoms in total. The van der Waals surface area contributed by atoms with Crippen molar-refractivity contribution in [1.29, 1.82) is 0 Å². The zero-order chi connectivity index (χ0) is 9.56. The Balaban J connectivity index is 3.63. The second-order valence-electron chi connectivity index (χ2n) is 2.73. The van der Waals surface area contributed by atoms with Gasteiger partial charge in [0.2, 0.25) is 0 Å². The number of hydrogen-bond donors (Lipinski definition) is 1. The Hall–Kier alpha value is -0.830. The molecule has 0 saturated heterocycles. The van der Waals surface area contributed by atoms with Crippen LogP contribution in [0.3, 0.4) is 0 Å². The number of carbonyl (C=O) groups is 1. The Bertz CT molecular complexity index is 166. The lowest BCUT2D eigenvalue weighted by Gasteiger charge is -2.11. The fourth-order valence-corrected chi connectivity index (χ4v) is 0.683. The number of esters is 1. The maximum atomic E-state index is 10.9. The first-order valence-electron chi connectivity index (χ1n) is 4.09. The average Bonchev–Trinajstić information content (AvgIpc) is 2.11. The number of hydrogen-bond acceptors (Lipinski definition) is 3. The maximum absolute atomic E-state index is 10.9. The minimum Gasteiger partial charge on any atom is -0.468 e. The van der Waals surface area contributed by atoms with Crippen LogP contribution in [0.15, 0.2) is 12.2 Å². The van der Waals surface area contributed by atoms with E-state index in [1.165, 1.54) is 7.11 Å². The van der Waals surface area contributed by atoms with Crippen LogP contribution in [-0.4, -0.2) is 25.7 Å². The van der Waals surface area contributed by atoms with Crippen molar-refractivity contribution in [2.75, 3.05) is 13.7 Å². The number of ether oxygens (including phenoxy) is 1. The van der Waals surface area contributed by atoms with E-state index < -0.39 is 0 Å². The fourth-order valence-electron chi connectivity index (χ4n) is 0.683. The lowest BCUT2D eigenvalue weighted by atomic mass is 10.2. The normalized spacial score (nSPS) is 12.2. The van der Waals surface area contributed by atoms with Crippen LogP contribution in [0.4, 0.5) is 0 Å². The zero-order valence-electron chi connectivity index (χ0n) is 8.02. The van der Waals surface area contributed by atoms with E-state index in [1.54, 1.807) is 6.92 Å². The lowest BCUT2D eigenvalue weighted by molar-refractivity contribution is -0.142. The molecule has 0 fully saturated rings. The monoisotopic (exact) mass is 171 g/mol. The predicted octanol–water partition coefficient (Wildman–Crippen LogP) is 1.10. The quantitative estimate of drug-likeness (QED) is 0.497. The molecule has 1 atom stereocenters. The summed E-state index contributed by atoms with van der Waals surface area (Å²) in [6, 6.07) is -0.252. The Labute approximate surface area is 73.8 Å². The van der Waals surface area contributed by atoms with Crippen LogP contribution in [0.2, 0.25) is 0 Å². The number of carbonyl (C=O) groups excluding carboxylic acids is 1. The molecular formula is C9H17NO2. The van der Waals surface area contributed by atoms with Crippen molar-refractivity contribution in [3.05, 3.63) is 12.2 Å². The molecule has 0 amide bonds. The first-order chi connectivity index (χ1) is 5.61. The summed E-state index contributed by atoms with van der Waals surface area (Å²) in [6.45, 7) is 8.30. The third kappa shape index (κ3) is 4.13. The summed E-state index contributed by atoms with van der Waals surface area (Å²) in [6.07, 6.45) is 0.931. The van der Waals surface area contributed by atoms with Gasteiger partial charge in [-0.15, -0.1) is 0 Å². The first kappa shape index (κ1) is 11.2. The van der Waals surface area contributed by atoms with Crippen molar-refractivity contribution < 1.29 is 9.53 Å². The predicted molar refractivity (Wildman–Crippen MR) is 48.9 cm³/mol. The van der Waals surface area contributed by atoms with Crippen LogP contribution in [0.25, 0.3) is 0 Å². The largest absolute Gasteiger partial charge is 0.468 e. The summed E-state index contributed by atoms with van der Waals surface area (Å²) in [5.41, 5.74) is 1.09. The first-order valence-corrected chi connectivity index (χ1v) is 4.09. The Morgan fingerprint density at radius 3 is 2.67 bits per heavy atom. The van der Waals surface area contributed by atoms with Gasteiger partial charge in [-0.1, -0.05) is 19.1 Å². The summed E-state index contributed by atoms with van der Waals surface area (Å²) in [5, 5.41) is 3.01. The van der Waals surface area contributed by atoms with E-state index >= 15 is 0 Å². The minimum absolute atomic E-state index is 0.237. The van der Waals surface area contributed by atoms with Gasteiger partial charge in [0.25, 0.3) is 0 Å². The molecule has 0 radical (unpaired) electrons. The molecule has 0 spiro atoms. The highest BCUT2D eigenvalue weighted by molar-refractivity contribution is 5.75. The van der Waals surface area contributed by atoms with Gasteiger partial charge in [0.05, 0.1) is 7.11 Å². The molecule has 70 valence electrons. The smallest absolute Gasteiger partial charge is 0.322 e. The molecule has 0 saturated carbocycles. The lowest BCUT2D eigenvalue weighted by Crippen LogP contribution is -2.35. The zero-order valence-corrected chi connectivity index (χ0v) is 8.02. The number of nitrogens with one attached hydrogen (secondary N) is 1. The molecule has 0 aromatic rings. The Kier molecular flexibility index (Phi) is 5.37. The molecular weight excluding hydrogens is 154 g/mol. The van der Waals surface area contributed by atoms with Gasteiger partial charge in [-0.05, 0) is 13.3 Å². The summed E-state index contributed by atoms with van der Waals surface area (Å²) in [7, 11) is 1.38. The molecule has 0 aliphatic rings. The van der Waals surface area contributed by atoms with Crippen molar-refractivity contribution >= 4 is 5.97 Å². The van der Waals surface area contributed by atoms with Gasteiger partial charge in [0, 0.05) is 6.54 Å². The Morgan fingerprint density at radius 1 is 1.67 bits per heavy atom. The van der Waals surface area contributed by atoms with Gasteiger partial charge in [0.15, 0.2) is 0 Å². The maximum Gasteiger partial charge on any atom is 0.322 e. The Morgan fingerprint density at radius 2 is 2.25 bits per heavy atom. The van der Waals surface area contributed by atoms with Gasteiger partial charge in [-0.3, -0.25) is 4.79 Å². The second-order valence-corrected chi connectivity index (χ2v) is 2.73. The summed E-state index contributed by atoms with van der Waals surface area (Å²) in [4.78, 5) is 10.9. The third-order valence-corrected chi connectivity index (χ3v) is 1.71. The number of methoxy groups -OCH3 is 1. The highest BCUT2D eigenvalue weighted by Crippen LogP contribution is 1.94. The van der Waals surface area contributed by atoms with Crippen molar-refractivity contribution in [1.82, 2.24) is 5.32 Å². The summed E-state index contributed by atoms with van der Waals surface area (Å²) >= 11 is 0. The van der Waals surface area contributed by atoms with Gasteiger partial charge in [-0.2, -0.15) is 0 Å². The topological polar surface area (TPSA) is 38.3 Å². The highest BCUT2D eigenvalue weighted by Gasteiger charge is 2.11. The summed E-state index contributed by atoms with van der Waals surface area (Å²) < 4.78 is 4.55. The average molecular weight is 171 g/mol. The molecule has 0 heterocycles. The van der Waals surface area contributed by atoms with E-state index in [4.69, 9.17) is 0 Å². The van der Waals surface area contributed by atoms with Gasteiger partial charge < -0.3 is 10.1 Å². The molecule has 0 aliphatic heterocycles. The summed E-state index contributed by atoms with van der Waals surface area (Å²) in [5.74, 6) is -0.237. The third-order valence-electron chi connectivity index (χ3n) is 1.71. The molecule has 12 heavy (non-hydrogen) atoms. The highest BCUT2D eigenvalue weighted by atomic mass is 16.5. The SMILES string of the molecule is C=C(CC)CNC(C)C(=O)OC. The van der Waals surface area contributed by atoms with Crippen molar-refractivity contribution in [3.8, 4) is 0 Å². The van der Waals surface area contributed by atoms with Crippen LogP contribution in [-0.2, 0) is 9.53 Å². The van der Waals surface area contributed by atoms with Crippen molar-refractivity contribution in [2.24, 2.45) is 0 Å². The van der Waals surface area contributed by atoms with Gasteiger partial charge in [-0.25, -0.2) is 0 Å². The van der Waals surface area contributed by atoms with Crippen LogP contribution >= 0.6 is 0 Å². The molecule has 1 N–H and O–H groups in total. The molecule has 0 aromatic carbocycles. The van der Waals surface area contributed by atoms with E-state index in [0.29, 0.717) is 6.54 Å². The molecule has 0 bridgehead atoms. The molecule has 0 aliphatic carbocycles. The van der Waals surface area contributed by atoms with E-state index in [1.807, 2.05) is 6.92 Å². The van der Waals surface area contributed by atoms with Gasteiger partial charge >= 0.3 is 5.97 Å². The fraction of sp³-hybridized carbons (Fsp3) is 0.667. The van der Waals surface area contributed by atoms with Crippen LogP contribution < -0.4 is 5.32 Å². The van der Waals surface area contributed by atoms with E-state index in [0.717, 1.165) is 12.0 Å². The van der Waals surface area contributed by atoms with Crippen LogP contribution in [0, 0.1) is 0 Å². The molecule has 1 unspecified atom stereocenters. The van der Waals surface area contributed by atoms with Gasteiger partial charge in [0.1, 0.15) is 6.04 Å². The second kappa shape index (κ2) is 5.77. The number of rotatable bonds is 5. The molecule has 3 heteroatoms. The van der Waals surface area contributed by atoms with Crippen LogP contribution in [0.1, 0.15) is 20.3 Å². The standard InChI is InChI=1S/C9H17NO2/c1-5-7(2)6-10-8(3)9(11)12-4/h8,10H,2,5-6H2,1,3-4H3. The van der Waals surface area contributed by atoms with E-state index in [2.05, 4.69) is 16.6 Å². The van der Waals surface area contributed by atoms with Crippen LogP contribution in [0.5, 0.6) is 0 Å². The van der Waals surface area contributed by atoms with E-state index in [-0.39, 0.29) is 12.0 Å². The van der Waals surface area contributed by atoms with E-state index in [9.17, 15) is 4.79 Å². The molecule has 0 aromatic heterocycles. The minimum atomic E-state index is -0.252. The van der Waals surface area contributed by atoms with Crippen molar-refractivity contribution in [3.63, 3.8) is 0 Å². The molecule has 0 rings (SSSR count).